The summed E-state index contributed by atoms with van der Waals surface area (Å²) in [7, 11) is 0. The van der Waals surface area contributed by atoms with E-state index in [1.54, 1.807) is 26.0 Å². The molecule has 6 nitrogen and oxygen atoms in total. The number of amides is 1. The average molecular weight is 400 g/mol. The van der Waals surface area contributed by atoms with Crippen molar-refractivity contribution in [2.75, 3.05) is 26.4 Å². The summed E-state index contributed by atoms with van der Waals surface area (Å²) in [5.74, 6) is -1.10. The topological polar surface area (TPSA) is 77.5 Å². The van der Waals surface area contributed by atoms with Crippen molar-refractivity contribution in [3.05, 3.63) is 64.7 Å². The number of carbonyl (C=O) groups is 2. The first-order valence-corrected chi connectivity index (χ1v) is 9.72. The van der Waals surface area contributed by atoms with Gasteiger partial charge in [0, 0.05) is 25.2 Å². The SMILES string of the molecule is CCOC(=O)c1ccc(C(=O)NCC2(c3cccc(F)c3)CCOCC2)nc1C. The molecular formula is C22H25FN2O4. The number of aryl methyl sites for hydroxylation is 1. The predicted octanol–water partition coefficient (Wildman–Crippen LogP) is 3.18. The minimum absolute atomic E-state index is 0.219. The number of benzene rings is 1. The highest BCUT2D eigenvalue weighted by atomic mass is 19.1. The zero-order valence-electron chi connectivity index (χ0n) is 16.7. The Bertz CT molecular complexity index is 894. The van der Waals surface area contributed by atoms with Crippen LogP contribution < -0.4 is 5.32 Å². The first kappa shape index (κ1) is 20.9. The molecule has 0 bridgehead atoms. The number of hydrogen-bond donors (Lipinski definition) is 1. The van der Waals surface area contributed by atoms with E-state index in [1.807, 2.05) is 6.07 Å². The Morgan fingerprint density at radius 2 is 2.00 bits per heavy atom. The lowest BCUT2D eigenvalue weighted by molar-refractivity contribution is 0.0485. The Balaban J connectivity index is 1.75. The molecule has 154 valence electrons. The fourth-order valence-electron chi connectivity index (χ4n) is 3.60. The van der Waals surface area contributed by atoms with Crippen molar-refractivity contribution in [1.82, 2.24) is 10.3 Å². The molecule has 7 heteroatoms. The van der Waals surface area contributed by atoms with Crippen LogP contribution in [0.4, 0.5) is 4.39 Å². The summed E-state index contributed by atoms with van der Waals surface area (Å²) in [4.78, 5) is 28.8. The van der Waals surface area contributed by atoms with Crippen molar-refractivity contribution in [2.24, 2.45) is 0 Å². The number of nitrogens with zero attached hydrogens (tertiary/aromatic N) is 1. The third-order valence-corrected chi connectivity index (χ3v) is 5.29. The molecule has 1 aromatic heterocycles. The molecule has 0 aliphatic carbocycles. The van der Waals surface area contributed by atoms with Gasteiger partial charge in [-0.05, 0) is 56.5 Å². The summed E-state index contributed by atoms with van der Waals surface area (Å²) in [6.45, 7) is 5.12. The summed E-state index contributed by atoms with van der Waals surface area (Å²) in [5.41, 5.74) is 1.45. The minimum Gasteiger partial charge on any atom is -0.462 e. The molecule has 1 aromatic carbocycles. The van der Waals surface area contributed by atoms with Gasteiger partial charge < -0.3 is 14.8 Å². The van der Waals surface area contributed by atoms with Gasteiger partial charge in [0.1, 0.15) is 11.5 Å². The molecule has 0 spiro atoms. The van der Waals surface area contributed by atoms with Gasteiger partial charge >= 0.3 is 5.97 Å². The molecule has 1 aliphatic heterocycles. The standard InChI is InChI=1S/C22H25FN2O4/c1-3-29-21(27)18-7-8-19(25-15(18)2)20(26)24-14-22(9-11-28-12-10-22)16-5-4-6-17(23)13-16/h4-8,13H,3,9-12,14H2,1-2H3,(H,24,26). The Morgan fingerprint density at radius 3 is 2.66 bits per heavy atom. The van der Waals surface area contributed by atoms with E-state index in [0.717, 1.165) is 5.56 Å². The van der Waals surface area contributed by atoms with Crippen LogP contribution in [-0.4, -0.2) is 43.2 Å². The lowest BCUT2D eigenvalue weighted by Crippen LogP contribution is -2.44. The molecule has 1 fully saturated rings. The summed E-state index contributed by atoms with van der Waals surface area (Å²) >= 11 is 0. The monoisotopic (exact) mass is 400 g/mol. The maximum absolute atomic E-state index is 13.8. The number of halogens is 1. The molecule has 0 atom stereocenters. The third kappa shape index (κ3) is 4.79. The number of pyridine rings is 1. The van der Waals surface area contributed by atoms with Crippen LogP contribution in [0.15, 0.2) is 36.4 Å². The van der Waals surface area contributed by atoms with Crippen molar-refractivity contribution in [2.45, 2.75) is 32.1 Å². The molecular weight excluding hydrogens is 375 g/mol. The van der Waals surface area contributed by atoms with E-state index in [0.29, 0.717) is 43.9 Å². The lowest BCUT2D eigenvalue weighted by atomic mass is 9.74. The molecule has 1 N–H and O–H groups in total. The maximum Gasteiger partial charge on any atom is 0.339 e. The molecule has 1 saturated heterocycles. The summed E-state index contributed by atoms with van der Waals surface area (Å²) in [5, 5.41) is 2.93. The highest BCUT2D eigenvalue weighted by molar-refractivity contribution is 5.95. The van der Waals surface area contributed by atoms with Crippen LogP contribution in [0.25, 0.3) is 0 Å². The molecule has 1 amide bonds. The molecule has 2 heterocycles. The zero-order valence-corrected chi connectivity index (χ0v) is 16.7. The van der Waals surface area contributed by atoms with Crippen molar-refractivity contribution < 1.29 is 23.5 Å². The van der Waals surface area contributed by atoms with E-state index in [1.165, 1.54) is 18.2 Å². The molecule has 29 heavy (non-hydrogen) atoms. The van der Waals surface area contributed by atoms with Crippen LogP contribution in [0.2, 0.25) is 0 Å². The largest absolute Gasteiger partial charge is 0.462 e. The third-order valence-electron chi connectivity index (χ3n) is 5.29. The van der Waals surface area contributed by atoms with Crippen LogP contribution in [0.3, 0.4) is 0 Å². The molecule has 2 aromatic rings. The first-order chi connectivity index (χ1) is 13.9. The van der Waals surface area contributed by atoms with Crippen LogP contribution >= 0.6 is 0 Å². The second kappa shape index (κ2) is 9.13. The van der Waals surface area contributed by atoms with E-state index in [4.69, 9.17) is 9.47 Å². The van der Waals surface area contributed by atoms with Crippen molar-refractivity contribution >= 4 is 11.9 Å². The van der Waals surface area contributed by atoms with Gasteiger partial charge in [-0.3, -0.25) is 4.79 Å². The van der Waals surface area contributed by atoms with E-state index < -0.39 is 11.4 Å². The second-order valence-electron chi connectivity index (χ2n) is 7.14. The maximum atomic E-state index is 13.8. The van der Waals surface area contributed by atoms with Gasteiger partial charge in [-0.2, -0.15) is 0 Å². The number of nitrogens with one attached hydrogen (secondary N) is 1. The molecule has 0 radical (unpaired) electrons. The van der Waals surface area contributed by atoms with Gasteiger partial charge in [-0.1, -0.05) is 12.1 Å². The lowest BCUT2D eigenvalue weighted by Gasteiger charge is -2.38. The Labute approximate surface area is 169 Å². The highest BCUT2D eigenvalue weighted by Crippen LogP contribution is 2.34. The normalized spacial score (nSPS) is 15.6. The highest BCUT2D eigenvalue weighted by Gasteiger charge is 2.35. The Kier molecular flexibility index (Phi) is 6.59. The van der Waals surface area contributed by atoms with Crippen molar-refractivity contribution in [3.63, 3.8) is 0 Å². The quantitative estimate of drug-likeness (QED) is 0.754. The molecule has 0 saturated carbocycles. The smallest absolute Gasteiger partial charge is 0.339 e. The Hall–Kier alpha value is -2.80. The van der Waals surface area contributed by atoms with E-state index >= 15 is 0 Å². The molecule has 0 unspecified atom stereocenters. The summed E-state index contributed by atoms with van der Waals surface area (Å²) in [6.07, 6.45) is 1.37. The van der Waals surface area contributed by atoms with E-state index in [2.05, 4.69) is 10.3 Å². The first-order valence-electron chi connectivity index (χ1n) is 9.72. The van der Waals surface area contributed by atoms with Crippen LogP contribution in [0.1, 0.15) is 51.9 Å². The van der Waals surface area contributed by atoms with Gasteiger partial charge in [-0.25, -0.2) is 14.2 Å². The number of rotatable bonds is 6. The van der Waals surface area contributed by atoms with Gasteiger partial charge in [0.05, 0.1) is 17.9 Å². The fraction of sp³-hybridized carbons (Fsp3) is 0.409. The Morgan fingerprint density at radius 1 is 1.24 bits per heavy atom. The number of aromatic nitrogens is 1. The number of ether oxygens (including phenoxy) is 2. The van der Waals surface area contributed by atoms with Crippen LogP contribution in [0.5, 0.6) is 0 Å². The van der Waals surface area contributed by atoms with Gasteiger partial charge in [0.2, 0.25) is 0 Å². The van der Waals surface area contributed by atoms with Crippen LogP contribution in [0, 0.1) is 12.7 Å². The summed E-state index contributed by atoms with van der Waals surface area (Å²) < 4.78 is 24.3. The average Bonchev–Trinajstić information content (AvgIpc) is 2.72. The zero-order chi connectivity index (χ0) is 20.9. The number of hydrogen-bond acceptors (Lipinski definition) is 5. The van der Waals surface area contributed by atoms with Gasteiger partial charge in [0.25, 0.3) is 5.91 Å². The van der Waals surface area contributed by atoms with Crippen LogP contribution in [-0.2, 0) is 14.9 Å². The van der Waals surface area contributed by atoms with Gasteiger partial charge in [0.15, 0.2) is 0 Å². The van der Waals surface area contributed by atoms with Crippen molar-refractivity contribution in [1.29, 1.82) is 0 Å². The molecule has 3 rings (SSSR count). The number of esters is 1. The van der Waals surface area contributed by atoms with Gasteiger partial charge in [-0.15, -0.1) is 0 Å². The fourth-order valence-corrected chi connectivity index (χ4v) is 3.60. The second-order valence-corrected chi connectivity index (χ2v) is 7.14. The van der Waals surface area contributed by atoms with E-state index in [9.17, 15) is 14.0 Å². The predicted molar refractivity (Wildman–Crippen MR) is 105 cm³/mol. The summed E-state index contributed by atoms with van der Waals surface area (Å²) in [6, 6.07) is 9.56. The molecule has 1 aliphatic rings. The van der Waals surface area contributed by atoms with E-state index in [-0.39, 0.29) is 24.0 Å². The number of carbonyl (C=O) groups excluding carboxylic acids is 2. The van der Waals surface area contributed by atoms with Crippen molar-refractivity contribution in [3.8, 4) is 0 Å². The minimum atomic E-state index is -0.461.